The van der Waals surface area contributed by atoms with Crippen LogP contribution in [0.25, 0.3) is 0 Å². The van der Waals surface area contributed by atoms with E-state index in [-0.39, 0.29) is 49.9 Å². The Morgan fingerprint density at radius 1 is 0.578 bits per heavy atom. The summed E-state index contributed by atoms with van der Waals surface area (Å²) in [4.78, 5) is 70.5. The van der Waals surface area contributed by atoms with E-state index in [1.165, 1.54) is 0 Å². The smallest absolute Gasteiger partial charge is 0.310 e. The fourth-order valence-corrected chi connectivity index (χ4v) is 8.58. The first kappa shape index (κ1) is 35.1. The minimum atomic E-state index is -1.08. The van der Waals surface area contributed by atoms with Gasteiger partial charge in [0.15, 0.2) is 0 Å². The molecule has 0 radical (unpaired) electrons. The van der Waals surface area contributed by atoms with E-state index >= 15 is 0 Å². The number of carboxylic acid groups (broad SMARTS) is 4. The van der Waals surface area contributed by atoms with Crippen molar-refractivity contribution in [1.29, 1.82) is 0 Å². The lowest BCUT2D eigenvalue weighted by Crippen LogP contribution is -2.41. The van der Waals surface area contributed by atoms with E-state index in [0.717, 1.165) is 38.5 Å². The summed E-state index contributed by atoms with van der Waals surface area (Å²) < 4.78 is 5.79. The number of ether oxygens (including phenoxy) is 1. The molecule has 0 aromatic carbocycles. The number of rotatable bonds is 12. The number of carboxylic acids is 4. The highest BCUT2D eigenvalue weighted by Crippen LogP contribution is 2.49. The van der Waals surface area contributed by atoms with Gasteiger partial charge in [-0.25, -0.2) is 9.78 Å². The normalized spacial score (nSPS) is 36.0. The van der Waals surface area contributed by atoms with Crippen molar-refractivity contribution in [2.45, 2.75) is 116 Å². The van der Waals surface area contributed by atoms with Crippen molar-refractivity contribution in [3.8, 4) is 0 Å². The van der Waals surface area contributed by atoms with E-state index in [1.807, 2.05) is 0 Å². The van der Waals surface area contributed by atoms with Crippen LogP contribution in [0.15, 0.2) is 0 Å². The molecule has 0 amide bonds. The van der Waals surface area contributed by atoms with Gasteiger partial charge in [-0.3, -0.25) is 24.0 Å². The van der Waals surface area contributed by atoms with Crippen molar-refractivity contribution in [3.05, 3.63) is 0 Å². The average molecular weight is 639 g/mol. The quantitative estimate of drug-likeness (QED) is 0.127. The standard InChI is InChI=1S/C33H50O12/c1-33(2,21-5-9-23(10-6-21)44-32(42)27-16-19(29(36)37)4-14-26(27)31(40)41)22-7-11-24(12-8-22)45-43-17-20-15-18(28(34)35)3-13-25(20)30(38)39/h18-27H,3-17H2,1-2H3,(H,34,35)(H,36,37)(H,38,39)(H,40,41). The van der Waals surface area contributed by atoms with Crippen molar-refractivity contribution >= 4 is 29.8 Å². The first-order valence-electron chi connectivity index (χ1n) is 16.7. The molecule has 254 valence electrons. The zero-order chi connectivity index (χ0) is 32.9. The van der Waals surface area contributed by atoms with Crippen LogP contribution < -0.4 is 0 Å². The first-order chi connectivity index (χ1) is 21.3. The third-order valence-electron chi connectivity index (χ3n) is 11.7. The summed E-state index contributed by atoms with van der Waals surface area (Å²) in [6.07, 6.45) is 7.69. The van der Waals surface area contributed by atoms with Gasteiger partial charge in [0.2, 0.25) is 0 Å². The highest BCUT2D eigenvalue weighted by atomic mass is 17.2. The molecule has 12 nitrogen and oxygen atoms in total. The van der Waals surface area contributed by atoms with Crippen molar-refractivity contribution < 1.29 is 58.9 Å². The van der Waals surface area contributed by atoms with Gasteiger partial charge in [-0.15, -0.1) is 0 Å². The highest BCUT2D eigenvalue weighted by Gasteiger charge is 2.45. The molecule has 0 bridgehead atoms. The van der Waals surface area contributed by atoms with E-state index in [9.17, 15) is 44.4 Å². The van der Waals surface area contributed by atoms with Crippen LogP contribution in [-0.2, 0) is 38.5 Å². The molecule has 6 unspecified atom stereocenters. The van der Waals surface area contributed by atoms with E-state index < -0.39 is 65.4 Å². The lowest BCUT2D eigenvalue weighted by molar-refractivity contribution is -0.338. The molecular formula is C33H50O12. The Hall–Kier alpha value is -2.73. The van der Waals surface area contributed by atoms with Crippen molar-refractivity contribution in [3.63, 3.8) is 0 Å². The van der Waals surface area contributed by atoms with E-state index in [2.05, 4.69) is 13.8 Å². The van der Waals surface area contributed by atoms with Gasteiger partial charge in [0.25, 0.3) is 0 Å². The minimum absolute atomic E-state index is 0.000436. The van der Waals surface area contributed by atoms with Crippen LogP contribution >= 0.6 is 0 Å². The Kier molecular flexibility index (Phi) is 11.9. The second-order valence-corrected chi connectivity index (χ2v) is 14.5. The molecule has 4 aliphatic rings. The Bertz CT molecular complexity index is 1070. The second-order valence-electron chi connectivity index (χ2n) is 14.5. The summed E-state index contributed by atoms with van der Waals surface area (Å²) in [5, 5.41) is 37.9. The predicted octanol–water partition coefficient (Wildman–Crippen LogP) is 5.03. The molecule has 0 aromatic heterocycles. The summed E-state index contributed by atoms with van der Waals surface area (Å²) in [6, 6.07) is 0. The summed E-state index contributed by atoms with van der Waals surface area (Å²) in [5.74, 6) is -7.73. The summed E-state index contributed by atoms with van der Waals surface area (Å²) in [7, 11) is 0. The average Bonchev–Trinajstić information content (AvgIpc) is 3.01. The van der Waals surface area contributed by atoms with E-state index in [0.29, 0.717) is 37.5 Å². The molecule has 4 fully saturated rings. The Labute approximate surface area is 264 Å². The van der Waals surface area contributed by atoms with Crippen LogP contribution in [0.1, 0.15) is 104 Å². The number of aliphatic carboxylic acids is 4. The van der Waals surface area contributed by atoms with Crippen molar-refractivity contribution in [2.24, 2.45) is 52.8 Å². The molecular weight excluding hydrogens is 588 g/mol. The maximum absolute atomic E-state index is 13.0. The molecule has 0 aliphatic heterocycles. The molecule has 0 aromatic rings. The SMILES string of the molecule is CC(C)(C1CCC(OOCC2CC(C(=O)O)CCC2C(=O)O)CC1)C1CCC(OC(=O)C2CC(C(=O)O)CCC2C(=O)O)CC1. The molecule has 4 saturated carbocycles. The van der Waals surface area contributed by atoms with Gasteiger partial charge in [0, 0.05) is 0 Å². The molecule has 0 heterocycles. The minimum Gasteiger partial charge on any atom is -0.481 e. The third kappa shape index (κ3) is 8.75. The van der Waals surface area contributed by atoms with Gasteiger partial charge < -0.3 is 25.2 Å². The van der Waals surface area contributed by atoms with Crippen molar-refractivity contribution in [1.82, 2.24) is 0 Å². The maximum Gasteiger partial charge on any atom is 0.310 e. The molecule has 45 heavy (non-hydrogen) atoms. The topological polar surface area (TPSA) is 194 Å². The van der Waals surface area contributed by atoms with Crippen LogP contribution in [0, 0.1) is 52.8 Å². The lowest BCUT2D eigenvalue weighted by atomic mass is 9.60. The van der Waals surface area contributed by atoms with Gasteiger partial charge in [-0.05, 0) is 113 Å². The van der Waals surface area contributed by atoms with E-state index in [1.54, 1.807) is 0 Å². The molecule has 4 aliphatic carbocycles. The first-order valence-corrected chi connectivity index (χ1v) is 16.7. The number of esters is 1. The summed E-state index contributed by atoms with van der Waals surface area (Å²) >= 11 is 0. The molecule has 4 rings (SSSR count). The third-order valence-corrected chi connectivity index (χ3v) is 11.7. The van der Waals surface area contributed by atoms with Gasteiger partial charge in [0.1, 0.15) is 6.10 Å². The van der Waals surface area contributed by atoms with Gasteiger partial charge in [0.05, 0.1) is 42.3 Å². The van der Waals surface area contributed by atoms with E-state index in [4.69, 9.17) is 14.5 Å². The van der Waals surface area contributed by atoms with Crippen LogP contribution in [-0.4, -0.2) is 69.1 Å². The van der Waals surface area contributed by atoms with Crippen LogP contribution in [0.2, 0.25) is 0 Å². The lowest BCUT2D eigenvalue weighted by Gasteiger charge is -2.46. The van der Waals surface area contributed by atoms with Crippen LogP contribution in [0.3, 0.4) is 0 Å². The number of carbonyl (C=O) groups is 5. The largest absolute Gasteiger partial charge is 0.481 e. The zero-order valence-electron chi connectivity index (χ0n) is 26.4. The molecule has 6 atom stereocenters. The van der Waals surface area contributed by atoms with Crippen LogP contribution in [0.4, 0.5) is 0 Å². The predicted molar refractivity (Wildman–Crippen MR) is 158 cm³/mol. The highest BCUT2D eigenvalue weighted by molar-refractivity contribution is 5.83. The maximum atomic E-state index is 13.0. The van der Waals surface area contributed by atoms with Crippen LogP contribution in [0.5, 0.6) is 0 Å². The molecule has 12 heteroatoms. The summed E-state index contributed by atoms with van der Waals surface area (Å²) in [5.41, 5.74) is 0.0515. The monoisotopic (exact) mass is 638 g/mol. The Morgan fingerprint density at radius 3 is 1.58 bits per heavy atom. The number of carbonyl (C=O) groups excluding carboxylic acids is 1. The van der Waals surface area contributed by atoms with Gasteiger partial charge in [-0.2, -0.15) is 0 Å². The molecule has 0 spiro atoms. The Morgan fingerprint density at radius 2 is 1.07 bits per heavy atom. The summed E-state index contributed by atoms with van der Waals surface area (Å²) in [6.45, 7) is 4.66. The zero-order valence-corrected chi connectivity index (χ0v) is 26.4. The molecule has 0 saturated heterocycles. The van der Waals surface area contributed by atoms with Crippen molar-refractivity contribution in [2.75, 3.05) is 6.61 Å². The number of hydrogen-bond donors (Lipinski definition) is 4. The fraction of sp³-hybridized carbons (Fsp3) is 0.848. The Balaban J connectivity index is 1.20. The second kappa shape index (κ2) is 15.2. The van der Waals surface area contributed by atoms with Gasteiger partial charge in [-0.1, -0.05) is 13.8 Å². The van der Waals surface area contributed by atoms with Gasteiger partial charge >= 0.3 is 29.8 Å². The number of hydrogen-bond acceptors (Lipinski definition) is 8. The fourth-order valence-electron chi connectivity index (χ4n) is 8.58. The molecule has 4 N–H and O–H groups in total.